The largest absolute Gasteiger partial charge is 0.465 e. The third kappa shape index (κ3) is 3.09. The second-order valence-electron chi connectivity index (χ2n) is 7.96. The topological polar surface area (TPSA) is 54.3 Å². The van der Waals surface area contributed by atoms with Crippen LogP contribution in [-0.4, -0.2) is 12.1 Å². The molecule has 1 amide bonds. The van der Waals surface area contributed by atoms with Crippen molar-refractivity contribution in [2.75, 3.05) is 5.32 Å². The van der Waals surface area contributed by atoms with Crippen LogP contribution in [0, 0.1) is 11.3 Å². The van der Waals surface area contributed by atoms with Crippen LogP contribution in [0.3, 0.4) is 0 Å². The Balaban J connectivity index is 1.56. The van der Waals surface area contributed by atoms with Gasteiger partial charge < -0.3 is 15.1 Å². The fourth-order valence-electron chi connectivity index (χ4n) is 3.95. The number of hydrogen-bond acceptors (Lipinski definition) is 4. The standard InChI is InChI=1S/C21H26N2O2S/c1-4-21(2,3)13-7-9-15-16(12-13)26-20-18(15)19(24)22-17(23-20)10-8-14-6-5-11-25-14/h5-6,8,10-11,13,17,23H,4,7,9,12H2,1-3H3,(H,22,24)/b10-8+/t13-,17+/m1/s1. The summed E-state index contributed by atoms with van der Waals surface area (Å²) < 4.78 is 5.32. The highest BCUT2D eigenvalue weighted by Crippen LogP contribution is 2.46. The SMILES string of the molecule is CCC(C)(C)[C@@H]1CCc2c(sc3c2C(=O)N[C@H](/C=C/c2ccco2)N3)C1. The minimum atomic E-state index is -0.205. The fourth-order valence-corrected chi connectivity index (χ4v) is 5.31. The van der Waals surface area contributed by atoms with Gasteiger partial charge >= 0.3 is 0 Å². The lowest BCUT2D eigenvalue weighted by Crippen LogP contribution is -2.43. The lowest BCUT2D eigenvalue weighted by Gasteiger charge is -2.36. The van der Waals surface area contributed by atoms with Crippen LogP contribution in [0.2, 0.25) is 0 Å². The lowest BCUT2D eigenvalue weighted by molar-refractivity contribution is 0.0942. The quantitative estimate of drug-likeness (QED) is 0.789. The van der Waals surface area contributed by atoms with Gasteiger partial charge in [-0.2, -0.15) is 0 Å². The summed E-state index contributed by atoms with van der Waals surface area (Å²) in [6.07, 6.45) is 9.72. The molecule has 2 aromatic heterocycles. The molecule has 2 aliphatic rings. The van der Waals surface area contributed by atoms with Crippen LogP contribution in [0.15, 0.2) is 28.9 Å². The van der Waals surface area contributed by atoms with Crippen molar-refractivity contribution < 1.29 is 9.21 Å². The van der Waals surface area contributed by atoms with Gasteiger partial charge in [-0.15, -0.1) is 11.3 Å². The molecule has 1 aliphatic carbocycles. The molecular weight excluding hydrogens is 344 g/mol. The third-order valence-electron chi connectivity index (χ3n) is 6.08. The zero-order valence-corrected chi connectivity index (χ0v) is 16.4. The summed E-state index contributed by atoms with van der Waals surface area (Å²) in [6, 6.07) is 3.75. The Morgan fingerprint density at radius 1 is 1.38 bits per heavy atom. The zero-order valence-electron chi connectivity index (χ0n) is 15.6. The maximum Gasteiger partial charge on any atom is 0.256 e. The van der Waals surface area contributed by atoms with Crippen molar-refractivity contribution in [3.63, 3.8) is 0 Å². The fraction of sp³-hybridized carbons (Fsp3) is 0.476. The molecular formula is C21H26N2O2S. The third-order valence-corrected chi connectivity index (χ3v) is 7.26. The highest BCUT2D eigenvalue weighted by Gasteiger charge is 2.36. The van der Waals surface area contributed by atoms with Crippen molar-refractivity contribution in [1.29, 1.82) is 0 Å². The van der Waals surface area contributed by atoms with Gasteiger partial charge in [0.15, 0.2) is 0 Å². The van der Waals surface area contributed by atoms with Crippen molar-refractivity contribution in [2.24, 2.45) is 11.3 Å². The summed E-state index contributed by atoms with van der Waals surface area (Å²) in [6.45, 7) is 7.02. The van der Waals surface area contributed by atoms with E-state index in [9.17, 15) is 4.79 Å². The van der Waals surface area contributed by atoms with E-state index in [1.807, 2.05) is 24.3 Å². The Labute approximate surface area is 158 Å². The summed E-state index contributed by atoms with van der Waals surface area (Å²) in [5.74, 6) is 1.51. The molecule has 0 saturated heterocycles. The maximum atomic E-state index is 12.7. The summed E-state index contributed by atoms with van der Waals surface area (Å²) >= 11 is 1.77. The second kappa shape index (κ2) is 6.62. The lowest BCUT2D eigenvalue weighted by atomic mass is 9.69. The smallest absolute Gasteiger partial charge is 0.256 e. The Bertz CT molecular complexity index is 833. The molecule has 2 atom stereocenters. The van der Waals surface area contributed by atoms with E-state index in [1.54, 1.807) is 17.6 Å². The van der Waals surface area contributed by atoms with E-state index < -0.39 is 0 Å². The van der Waals surface area contributed by atoms with E-state index in [0.29, 0.717) is 11.3 Å². The first-order chi connectivity index (χ1) is 12.5. The van der Waals surface area contributed by atoms with Crippen LogP contribution in [0.5, 0.6) is 0 Å². The van der Waals surface area contributed by atoms with Crippen LogP contribution in [0.25, 0.3) is 6.08 Å². The molecule has 0 radical (unpaired) electrons. The number of carbonyl (C=O) groups excluding carboxylic acids is 1. The molecule has 2 N–H and O–H groups in total. The number of carbonyl (C=O) groups is 1. The van der Waals surface area contributed by atoms with Crippen molar-refractivity contribution in [1.82, 2.24) is 5.32 Å². The first-order valence-corrected chi connectivity index (χ1v) is 10.2. The van der Waals surface area contributed by atoms with Crippen LogP contribution in [0.1, 0.15) is 60.2 Å². The van der Waals surface area contributed by atoms with Crippen LogP contribution in [0.4, 0.5) is 5.00 Å². The van der Waals surface area contributed by atoms with Gasteiger partial charge in [-0.1, -0.05) is 27.2 Å². The maximum absolute atomic E-state index is 12.7. The van der Waals surface area contributed by atoms with Crippen LogP contribution in [-0.2, 0) is 12.8 Å². The van der Waals surface area contributed by atoms with Gasteiger partial charge in [-0.05, 0) is 60.4 Å². The van der Waals surface area contributed by atoms with Gasteiger partial charge in [0.2, 0.25) is 0 Å². The van der Waals surface area contributed by atoms with Crippen LogP contribution < -0.4 is 10.6 Å². The van der Waals surface area contributed by atoms with Crippen molar-refractivity contribution >= 4 is 28.3 Å². The van der Waals surface area contributed by atoms with Gasteiger partial charge in [0.05, 0.1) is 11.8 Å². The van der Waals surface area contributed by atoms with Gasteiger partial charge in [0, 0.05) is 4.88 Å². The number of rotatable bonds is 4. The predicted octanol–water partition coefficient (Wildman–Crippen LogP) is 5.08. The number of nitrogens with one attached hydrogen (secondary N) is 2. The zero-order chi connectivity index (χ0) is 18.3. The summed E-state index contributed by atoms with van der Waals surface area (Å²) in [5, 5.41) is 7.54. The molecule has 0 unspecified atom stereocenters. The number of thiophene rings is 1. The molecule has 5 heteroatoms. The Morgan fingerprint density at radius 2 is 2.23 bits per heavy atom. The molecule has 4 nitrogen and oxygen atoms in total. The van der Waals surface area contributed by atoms with Gasteiger partial charge in [0.25, 0.3) is 5.91 Å². The highest BCUT2D eigenvalue weighted by atomic mass is 32.1. The average Bonchev–Trinajstić information content (AvgIpc) is 3.26. The molecule has 0 fully saturated rings. The number of furan rings is 1. The number of anilines is 1. The van der Waals surface area contributed by atoms with Crippen molar-refractivity contribution in [3.05, 3.63) is 46.2 Å². The van der Waals surface area contributed by atoms with E-state index in [1.165, 1.54) is 23.3 Å². The van der Waals surface area contributed by atoms with E-state index >= 15 is 0 Å². The Kier molecular flexibility index (Phi) is 4.43. The summed E-state index contributed by atoms with van der Waals surface area (Å²) in [5.41, 5.74) is 2.50. The highest BCUT2D eigenvalue weighted by molar-refractivity contribution is 7.16. The van der Waals surface area contributed by atoms with E-state index in [-0.39, 0.29) is 12.1 Å². The number of hydrogen-bond donors (Lipinski definition) is 2. The van der Waals surface area contributed by atoms with Crippen molar-refractivity contribution in [3.8, 4) is 0 Å². The normalized spacial score (nSPS) is 22.7. The first-order valence-electron chi connectivity index (χ1n) is 9.41. The second-order valence-corrected chi connectivity index (χ2v) is 9.06. The molecule has 0 bridgehead atoms. The average molecular weight is 371 g/mol. The predicted molar refractivity (Wildman–Crippen MR) is 107 cm³/mol. The molecule has 2 aromatic rings. The minimum absolute atomic E-state index is 0.0403. The first kappa shape index (κ1) is 17.4. The summed E-state index contributed by atoms with van der Waals surface area (Å²) in [4.78, 5) is 14.1. The molecule has 138 valence electrons. The molecule has 0 saturated carbocycles. The minimum Gasteiger partial charge on any atom is -0.465 e. The Morgan fingerprint density at radius 3 is 2.96 bits per heavy atom. The number of amides is 1. The van der Waals surface area contributed by atoms with E-state index in [2.05, 4.69) is 31.4 Å². The van der Waals surface area contributed by atoms with E-state index in [4.69, 9.17) is 4.42 Å². The monoisotopic (exact) mass is 370 g/mol. The van der Waals surface area contributed by atoms with Crippen molar-refractivity contribution in [2.45, 2.75) is 52.6 Å². The molecule has 3 heterocycles. The van der Waals surface area contributed by atoms with Crippen LogP contribution >= 0.6 is 11.3 Å². The van der Waals surface area contributed by atoms with E-state index in [0.717, 1.165) is 29.2 Å². The van der Waals surface area contributed by atoms with Gasteiger partial charge in [0.1, 0.15) is 16.9 Å². The molecule has 26 heavy (non-hydrogen) atoms. The molecule has 4 rings (SSSR count). The molecule has 0 aromatic carbocycles. The van der Waals surface area contributed by atoms with Gasteiger partial charge in [-0.3, -0.25) is 4.79 Å². The summed E-state index contributed by atoms with van der Waals surface area (Å²) in [7, 11) is 0. The molecule has 1 aliphatic heterocycles. The Hall–Kier alpha value is -2.01. The number of fused-ring (bicyclic) bond motifs is 3. The van der Waals surface area contributed by atoms with Gasteiger partial charge in [-0.25, -0.2) is 0 Å². The molecule has 0 spiro atoms.